The van der Waals surface area contributed by atoms with E-state index in [1.54, 1.807) is 16.8 Å². The number of hydrogen-bond donors (Lipinski definition) is 2. The number of carboxylic acid groups (broad SMARTS) is 2. The van der Waals surface area contributed by atoms with Crippen LogP contribution in [0.4, 0.5) is 0 Å². The molecule has 1 amide bonds. The van der Waals surface area contributed by atoms with Crippen LogP contribution in [0.1, 0.15) is 44.1 Å². The van der Waals surface area contributed by atoms with E-state index in [0.29, 0.717) is 30.6 Å². The quantitative estimate of drug-likeness (QED) is 0.600. The van der Waals surface area contributed by atoms with Crippen molar-refractivity contribution in [3.63, 3.8) is 0 Å². The Kier molecular flexibility index (Phi) is 6.87. The van der Waals surface area contributed by atoms with E-state index >= 15 is 0 Å². The van der Waals surface area contributed by atoms with E-state index < -0.39 is 5.97 Å². The third-order valence-electron chi connectivity index (χ3n) is 5.66. The molecule has 3 aromatic rings. The van der Waals surface area contributed by atoms with Crippen molar-refractivity contribution in [3.8, 4) is 0 Å². The van der Waals surface area contributed by atoms with Gasteiger partial charge in [0.15, 0.2) is 5.65 Å². The average Bonchev–Trinajstić information content (AvgIpc) is 3.32. The van der Waals surface area contributed by atoms with Gasteiger partial charge in [0.25, 0.3) is 12.4 Å². The number of rotatable bonds is 4. The summed E-state index contributed by atoms with van der Waals surface area (Å²) < 4.78 is 1.71. The average molecular weight is 438 g/mol. The second kappa shape index (κ2) is 9.59. The van der Waals surface area contributed by atoms with Crippen molar-refractivity contribution in [2.24, 2.45) is 13.0 Å². The van der Waals surface area contributed by atoms with Crippen molar-refractivity contribution in [1.29, 1.82) is 0 Å². The maximum absolute atomic E-state index is 13.3. The van der Waals surface area contributed by atoms with Gasteiger partial charge in [-0.15, -0.1) is 0 Å². The number of amides is 1. The molecule has 1 unspecified atom stereocenters. The molecule has 2 aromatic heterocycles. The molecule has 2 N–H and O–H groups in total. The van der Waals surface area contributed by atoms with Gasteiger partial charge in [-0.1, -0.05) is 18.2 Å². The maximum atomic E-state index is 13.3. The molecular formula is C23H26N4O5. The second-order valence-electron chi connectivity index (χ2n) is 7.90. The number of likely N-dealkylation sites (tertiary alicyclic amines) is 1. The highest BCUT2D eigenvalue weighted by Crippen LogP contribution is 2.27. The SMILES string of the molecule is Cc1cc(C(=O)N2CCC(Cc3ccccc3C(=O)O)C2)c2c(C)nn(C)c2n1.O=CO. The lowest BCUT2D eigenvalue weighted by Gasteiger charge is -2.18. The zero-order valence-corrected chi connectivity index (χ0v) is 18.3. The van der Waals surface area contributed by atoms with E-state index in [4.69, 9.17) is 9.90 Å². The first-order valence-corrected chi connectivity index (χ1v) is 10.3. The number of aryl methyl sites for hydroxylation is 3. The van der Waals surface area contributed by atoms with Crippen LogP contribution in [0.2, 0.25) is 0 Å². The fourth-order valence-electron chi connectivity index (χ4n) is 4.31. The molecule has 1 aromatic carbocycles. The summed E-state index contributed by atoms with van der Waals surface area (Å²) in [7, 11) is 1.84. The molecule has 168 valence electrons. The highest BCUT2D eigenvalue weighted by molar-refractivity contribution is 6.06. The maximum Gasteiger partial charge on any atom is 0.335 e. The van der Waals surface area contributed by atoms with Gasteiger partial charge < -0.3 is 15.1 Å². The normalized spacial score (nSPS) is 15.3. The summed E-state index contributed by atoms with van der Waals surface area (Å²) in [4.78, 5) is 39.5. The second-order valence-corrected chi connectivity index (χ2v) is 7.90. The number of aromatic carboxylic acids is 1. The monoisotopic (exact) mass is 438 g/mol. The number of benzene rings is 1. The molecule has 0 radical (unpaired) electrons. The van der Waals surface area contributed by atoms with E-state index in [-0.39, 0.29) is 18.3 Å². The zero-order valence-electron chi connectivity index (χ0n) is 18.3. The molecule has 0 aliphatic carbocycles. The zero-order chi connectivity index (χ0) is 23.4. The van der Waals surface area contributed by atoms with Crippen LogP contribution < -0.4 is 0 Å². The first-order chi connectivity index (χ1) is 15.3. The van der Waals surface area contributed by atoms with Crippen molar-refractivity contribution in [3.05, 3.63) is 58.4 Å². The predicted molar refractivity (Wildman–Crippen MR) is 118 cm³/mol. The summed E-state index contributed by atoms with van der Waals surface area (Å²) in [5.74, 6) is -0.674. The number of aromatic nitrogens is 3. The van der Waals surface area contributed by atoms with Crippen molar-refractivity contribution in [1.82, 2.24) is 19.7 Å². The molecule has 32 heavy (non-hydrogen) atoms. The van der Waals surface area contributed by atoms with E-state index in [2.05, 4.69) is 10.1 Å². The molecule has 1 aliphatic rings. The van der Waals surface area contributed by atoms with E-state index in [1.807, 2.05) is 44.0 Å². The van der Waals surface area contributed by atoms with Gasteiger partial charge in [0.1, 0.15) is 0 Å². The third kappa shape index (κ3) is 4.61. The molecule has 1 fully saturated rings. The molecule has 1 aliphatic heterocycles. The van der Waals surface area contributed by atoms with Crippen molar-refractivity contribution >= 4 is 29.4 Å². The number of pyridine rings is 1. The van der Waals surface area contributed by atoms with Crippen LogP contribution in [0.5, 0.6) is 0 Å². The van der Waals surface area contributed by atoms with Crippen LogP contribution in [-0.4, -0.2) is 61.3 Å². The minimum Gasteiger partial charge on any atom is -0.483 e. The van der Waals surface area contributed by atoms with Gasteiger partial charge in [-0.3, -0.25) is 14.3 Å². The molecule has 0 spiro atoms. The highest BCUT2D eigenvalue weighted by atomic mass is 16.4. The minimum atomic E-state index is -0.909. The smallest absolute Gasteiger partial charge is 0.335 e. The van der Waals surface area contributed by atoms with Crippen LogP contribution in [0.25, 0.3) is 11.0 Å². The number of carbonyl (C=O) groups is 3. The Balaban J connectivity index is 0.000000913. The lowest BCUT2D eigenvalue weighted by molar-refractivity contribution is -0.122. The summed E-state index contributed by atoms with van der Waals surface area (Å²) in [6.45, 7) is 4.82. The Morgan fingerprint density at radius 3 is 2.59 bits per heavy atom. The molecular weight excluding hydrogens is 412 g/mol. The van der Waals surface area contributed by atoms with Gasteiger partial charge >= 0.3 is 5.97 Å². The summed E-state index contributed by atoms with van der Waals surface area (Å²) in [5, 5.41) is 21.5. The summed E-state index contributed by atoms with van der Waals surface area (Å²) in [6.07, 6.45) is 1.52. The van der Waals surface area contributed by atoms with Gasteiger partial charge in [0.2, 0.25) is 0 Å². The minimum absolute atomic E-state index is 0.00869. The Bertz CT molecular complexity index is 1170. The Morgan fingerprint density at radius 1 is 1.22 bits per heavy atom. The first-order valence-electron chi connectivity index (χ1n) is 10.3. The number of fused-ring (bicyclic) bond motifs is 1. The van der Waals surface area contributed by atoms with E-state index in [0.717, 1.165) is 34.4 Å². The van der Waals surface area contributed by atoms with Crippen molar-refractivity contribution < 1.29 is 24.6 Å². The summed E-state index contributed by atoms with van der Waals surface area (Å²) >= 11 is 0. The van der Waals surface area contributed by atoms with Gasteiger partial charge in [-0.2, -0.15) is 5.10 Å². The number of hydrogen-bond acceptors (Lipinski definition) is 5. The molecule has 9 heteroatoms. The fraction of sp³-hybridized carbons (Fsp3) is 0.348. The van der Waals surface area contributed by atoms with E-state index in [9.17, 15) is 14.7 Å². The standard InChI is InChI=1S/C22H24N4O3.CH2O2/c1-13-10-18(19-14(2)24-25(3)20(19)23-13)21(27)26-9-8-15(12-26)11-16-6-4-5-7-17(16)22(28)29;2-1-3/h4-7,10,15H,8-9,11-12H2,1-3H3,(H,28,29);1H,(H,2,3). The molecule has 0 bridgehead atoms. The Hall–Kier alpha value is -3.75. The Morgan fingerprint density at radius 2 is 1.91 bits per heavy atom. The molecule has 1 atom stereocenters. The van der Waals surface area contributed by atoms with Crippen molar-refractivity contribution in [2.75, 3.05) is 13.1 Å². The van der Waals surface area contributed by atoms with Crippen molar-refractivity contribution in [2.45, 2.75) is 26.7 Å². The molecule has 1 saturated heterocycles. The predicted octanol–water partition coefficient (Wildman–Crippen LogP) is 2.69. The Labute approximate surface area is 185 Å². The van der Waals surface area contributed by atoms with Gasteiger partial charge in [-0.25, -0.2) is 9.78 Å². The van der Waals surface area contributed by atoms with Crippen LogP contribution in [0.15, 0.2) is 30.3 Å². The lowest BCUT2D eigenvalue weighted by atomic mass is 9.95. The molecule has 9 nitrogen and oxygen atoms in total. The summed E-state index contributed by atoms with van der Waals surface area (Å²) in [6, 6.07) is 8.94. The van der Waals surface area contributed by atoms with E-state index in [1.165, 1.54) is 0 Å². The van der Waals surface area contributed by atoms with Crippen LogP contribution in [0.3, 0.4) is 0 Å². The largest absolute Gasteiger partial charge is 0.483 e. The molecule has 0 saturated carbocycles. The van der Waals surface area contributed by atoms with Gasteiger partial charge in [0.05, 0.1) is 22.2 Å². The number of nitrogens with zero attached hydrogens (tertiary/aromatic N) is 4. The third-order valence-corrected chi connectivity index (χ3v) is 5.66. The highest BCUT2D eigenvalue weighted by Gasteiger charge is 2.30. The topological polar surface area (TPSA) is 126 Å². The van der Waals surface area contributed by atoms with Gasteiger partial charge in [-0.05, 0) is 50.3 Å². The van der Waals surface area contributed by atoms with Crippen LogP contribution >= 0.6 is 0 Å². The number of carboxylic acids is 1. The summed E-state index contributed by atoms with van der Waals surface area (Å²) in [5.41, 5.74) is 4.11. The lowest BCUT2D eigenvalue weighted by Crippen LogP contribution is -2.29. The molecule has 4 rings (SSSR count). The van der Waals surface area contributed by atoms with Gasteiger partial charge in [0, 0.05) is 25.8 Å². The van der Waals surface area contributed by atoms with Crippen LogP contribution in [-0.2, 0) is 18.3 Å². The fourth-order valence-corrected chi connectivity index (χ4v) is 4.31. The number of carbonyl (C=O) groups excluding carboxylic acids is 1. The molecule has 3 heterocycles. The van der Waals surface area contributed by atoms with Crippen LogP contribution in [0, 0.1) is 19.8 Å². The first kappa shape index (κ1) is 22.9.